The number of carbonyl (C=O) groups is 3. The maximum Gasteiger partial charge on any atom is 0.331 e. The van der Waals surface area contributed by atoms with E-state index in [1.165, 1.54) is 33.2 Å². The summed E-state index contributed by atoms with van der Waals surface area (Å²) in [7, 11) is 2.89. The molecule has 0 aromatic heterocycles. The topological polar surface area (TPSA) is 103 Å². The van der Waals surface area contributed by atoms with Crippen molar-refractivity contribution in [1.82, 2.24) is 10.6 Å². The Morgan fingerprint density at radius 1 is 1.12 bits per heavy atom. The minimum atomic E-state index is -1.11. The summed E-state index contributed by atoms with van der Waals surface area (Å²) in [5, 5.41) is 4.25. The van der Waals surface area contributed by atoms with Gasteiger partial charge in [-0.05, 0) is 44.5 Å². The molecule has 8 heteroatoms. The molecule has 0 saturated carbocycles. The third kappa shape index (κ3) is 6.84. The zero-order valence-corrected chi connectivity index (χ0v) is 15.5. The minimum absolute atomic E-state index is 0.00249. The van der Waals surface area contributed by atoms with Crippen molar-refractivity contribution in [3.05, 3.63) is 29.8 Å². The average Bonchev–Trinajstić information content (AvgIpc) is 2.59. The van der Waals surface area contributed by atoms with Crippen molar-refractivity contribution in [1.29, 1.82) is 0 Å². The lowest BCUT2D eigenvalue weighted by Crippen LogP contribution is -2.43. The number of nitrogens with one attached hydrogen (secondary N) is 2. The molecule has 0 bridgehead atoms. The van der Waals surface area contributed by atoms with Gasteiger partial charge >= 0.3 is 12.0 Å². The molecule has 26 heavy (non-hydrogen) atoms. The van der Waals surface area contributed by atoms with Crippen LogP contribution in [0.2, 0.25) is 0 Å². The van der Waals surface area contributed by atoms with Gasteiger partial charge in [-0.25, -0.2) is 9.59 Å². The van der Waals surface area contributed by atoms with Crippen molar-refractivity contribution in [2.45, 2.75) is 33.0 Å². The molecule has 0 unspecified atom stereocenters. The number of carbonyl (C=O) groups excluding carboxylic acids is 3. The first-order valence-electron chi connectivity index (χ1n) is 8.02. The minimum Gasteiger partial charge on any atom is -0.493 e. The lowest BCUT2D eigenvalue weighted by atomic mass is 10.2. The number of ether oxygens (including phenoxy) is 3. The van der Waals surface area contributed by atoms with Gasteiger partial charge in [0.25, 0.3) is 5.91 Å². The van der Waals surface area contributed by atoms with Crippen molar-refractivity contribution >= 4 is 24.0 Å². The number of esters is 1. The first-order valence-corrected chi connectivity index (χ1v) is 8.02. The molecule has 142 valence electrons. The van der Waals surface area contributed by atoms with Crippen LogP contribution in [-0.2, 0) is 14.3 Å². The highest BCUT2D eigenvalue weighted by Gasteiger charge is 2.18. The van der Waals surface area contributed by atoms with Gasteiger partial charge in [0.05, 0.1) is 13.2 Å². The Morgan fingerprint density at radius 2 is 1.81 bits per heavy atom. The van der Waals surface area contributed by atoms with Crippen molar-refractivity contribution in [3.8, 4) is 11.5 Å². The van der Waals surface area contributed by atoms with Crippen LogP contribution in [0.5, 0.6) is 11.5 Å². The SMILES string of the molecule is CNC(=O)NC(=O)[C@@H](C)OC(=O)/C=C/c1ccc(OC(C)C)c(OC)c1. The van der Waals surface area contributed by atoms with Crippen LogP contribution >= 0.6 is 0 Å². The number of rotatable bonds is 7. The van der Waals surface area contributed by atoms with E-state index >= 15 is 0 Å². The molecule has 1 atom stereocenters. The molecule has 0 fully saturated rings. The molecule has 0 heterocycles. The van der Waals surface area contributed by atoms with Crippen LogP contribution in [0.3, 0.4) is 0 Å². The second kappa shape index (κ2) is 10.1. The maximum absolute atomic E-state index is 11.8. The highest BCUT2D eigenvalue weighted by molar-refractivity contribution is 5.97. The zero-order valence-electron chi connectivity index (χ0n) is 15.5. The predicted octanol–water partition coefficient (Wildman–Crippen LogP) is 1.88. The largest absolute Gasteiger partial charge is 0.493 e. The van der Waals surface area contributed by atoms with Crippen LogP contribution in [0.15, 0.2) is 24.3 Å². The summed E-state index contributed by atoms with van der Waals surface area (Å²) >= 11 is 0. The first-order chi connectivity index (χ1) is 12.3. The van der Waals surface area contributed by atoms with Gasteiger partial charge in [-0.3, -0.25) is 10.1 Å². The quantitative estimate of drug-likeness (QED) is 0.566. The van der Waals surface area contributed by atoms with Crippen LogP contribution < -0.4 is 20.1 Å². The maximum atomic E-state index is 11.8. The first kappa shape index (κ1) is 21.0. The summed E-state index contributed by atoms with van der Waals surface area (Å²) in [6.07, 6.45) is 1.60. The van der Waals surface area contributed by atoms with Gasteiger partial charge in [0.1, 0.15) is 0 Å². The Hall–Kier alpha value is -3.03. The molecule has 0 aliphatic rings. The van der Waals surface area contributed by atoms with Gasteiger partial charge in [0.2, 0.25) is 0 Å². The molecule has 1 aromatic carbocycles. The molecule has 0 radical (unpaired) electrons. The van der Waals surface area contributed by atoms with E-state index in [1.807, 2.05) is 19.2 Å². The van der Waals surface area contributed by atoms with Gasteiger partial charge in [-0.2, -0.15) is 0 Å². The Balaban J connectivity index is 2.70. The molecule has 2 N–H and O–H groups in total. The standard InChI is InChI=1S/C18H24N2O6/c1-11(2)25-14-8-6-13(10-15(14)24-5)7-9-16(21)26-12(3)17(22)20-18(23)19-4/h6-12H,1-5H3,(H2,19,20,22,23)/b9-7+/t12-/m1/s1. The summed E-state index contributed by atoms with van der Waals surface area (Å²) < 4.78 is 15.8. The molecular formula is C18H24N2O6. The second-order valence-electron chi connectivity index (χ2n) is 5.56. The van der Waals surface area contributed by atoms with E-state index in [1.54, 1.807) is 18.2 Å². The van der Waals surface area contributed by atoms with E-state index in [-0.39, 0.29) is 6.10 Å². The highest BCUT2D eigenvalue weighted by Crippen LogP contribution is 2.29. The fourth-order valence-corrected chi connectivity index (χ4v) is 1.85. The third-order valence-electron chi connectivity index (χ3n) is 3.09. The third-order valence-corrected chi connectivity index (χ3v) is 3.09. The summed E-state index contributed by atoms with van der Waals surface area (Å²) in [6.45, 7) is 5.18. The Bertz CT molecular complexity index is 684. The number of hydrogen-bond acceptors (Lipinski definition) is 6. The molecule has 0 saturated heterocycles. The molecule has 1 aromatic rings. The van der Waals surface area contributed by atoms with Crippen molar-refractivity contribution in [3.63, 3.8) is 0 Å². The van der Waals surface area contributed by atoms with Crippen LogP contribution in [0.1, 0.15) is 26.3 Å². The fourth-order valence-electron chi connectivity index (χ4n) is 1.85. The Kier molecular flexibility index (Phi) is 8.14. The smallest absolute Gasteiger partial charge is 0.331 e. The van der Waals surface area contributed by atoms with Gasteiger partial charge in [0, 0.05) is 13.1 Å². The van der Waals surface area contributed by atoms with Crippen molar-refractivity contribution in [2.24, 2.45) is 0 Å². The predicted molar refractivity (Wildman–Crippen MR) is 95.9 cm³/mol. The number of benzene rings is 1. The molecule has 3 amide bonds. The van der Waals surface area contributed by atoms with E-state index in [9.17, 15) is 14.4 Å². The Morgan fingerprint density at radius 3 is 2.38 bits per heavy atom. The second-order valence-corrected chi connectivity index (χ2v) is 5.56. The lowest BCUT2D eigenvalue weighted by molar-refractivity contribution is -0.149. The monoisotopic (exact) mass is 364 g/mol. The number of imide groups is 1. The van der Waals surface area contributed by atoms with E-state index in [0.29, 0.717) is 17.1 Å². The number of amides is 3. The van der Waals surface area contributed by atoms with Crippen molar-refractivity contribution in [2.75, 3.05) is 14.2 Å². The molecular weight excluding hydrogens is 340 g/mol. The molecule has 1 rings (SSSR count). The number of urea groups is 1. The van der Waals surface area contributed by atoms with Gasteiger partial charge < -0.3 is 19.5 Å². The van der Waals surface area contributed by atoms with Gasteiger partial charge in [-0.1, -0.05) is 6.07 Å². The van der Waals surface area contributed by atoms with E-state index in [2.05, 4.69) is 5.32 Å². The summed E-state index contributed by atoms with van der Waals surface area (Å²) in [4.78, 5) is 34.5. The number of hydrogen-bond donors (Lipinski definition) is 2. The number of methoxy groups -OCH3 is 1. The van der Waals surface area contributed by atoms with Gasteiger partial charge in [-0.15, -0.1) is 0 Å². The van der Waals surface area contributed by atoms with Crippen LogP contribution in [0.25, 0.3) is 6.08 Å². The van der Waals surface area contributed by atoms with Crippen LogP contribution in [-0.4, -0.2) is 44.3 Å². The van der Waals surface area contributed by atoms with Crippen LogP contribution in [0.4, 0.5) is 4.79 Å². The van der Waals surface area contributed by atoms with E-state index in [4.69, 9.17) is 14.2 Å². The fraction of sp³-hybridized carbons (Fsp3) is 0.389. The van der Waals surface area contributed by atoms with Gasteiger partial charge in [0.15, 0.2) is 17.6 Å². The highest BCUT2D eigenvalue weighted by atomic mass is 16.5. The lowest BCUT2D eigenvalue weighted by Gasteiger charge is -2.13. The summed E-state index contributed by atoms with van der Waals surface area (Å²) in [6, 6.07) is 4.53. The zero-order chi connectivity index (χ0) is 19.7. The normalized spacial score (nSPS) is 11.8. The average molecular weight is 364 g/mol. The van der Waals surface area contributed by atoms with Crippen LogP contribution in [0, 0.1) is 0 Å². The summed E-state index contributed by atoms with van der Waals surface area (Å²) in [5.41, 5.74) is 0.692. The molecule has 0 aliphatic heterocycles. The molecule has 8 nitrogen and oxygen atoms in total. The Labute approximate surface area is 152 Å². The van der Waals surface area contributed by atoms with E-state index in [0.717, 1.165) is 0 Å². The van der Waals surface area contributed by atoms with E-state index < -0.39 is 24.0 Å². The molecule has 0 spiro atoms. The molecule has 0 aliphatic carbocycles. The summed E-state index contributed by atoms with van der Waals surface area (Å²) in [5.74, 6) is -0.303. The van der Waals surface area contributed by atoms with Crippen molar-refractivity contribution < 1.29 is 28.6 Å².